The quantitative estimate of drug-likeness (QED) is 0.0176. The van der Waals surface area contributed by atoms with E-state index < -0.39 is 212 Å². The third kappa shape index (κ3) is 61.2. The van der Waals surface area contributed by atoms with Crippen LogP contribution in [0.3, 0.4) is 0 Å². The van der Waals surface area contributed by atoms with Crippen molar-refractivity contribution in [1.29, 1.82) is 0 Å². The summed E-state index contributed by atoms with van der Waals surface area (Å²) < 4.78 is 130. The number of ether oxygens (including phenoxy) is 23. The maximum absolute atomic E-state index is 14.1. The summed E-state index contributed by atoms with van der Waals surface area (Å²) in [4.78, 5) is 236. The zero-order chi connectivity index (χ0) is 108. The molecule has 53 heteroatoms. The van der Waals surface area contributed by atoms with Crippen LogP contribution >= 0.6 is 0 Å². The van der Waals surface area contributed by atoms with Gasteiger partial charge in [-0.3, -0.25) is 91.1 Å². The maximum Gasteiger partial charge on any atom is 0.305 e. The minimum atomic E-state index is -1.45. The van der Waals surface area contributed by atoms with E-state index in [9.17, 15) is 91.1 Å². The average molecular weight is 2100 g/mol. The van der Waals surface area contributed by atoms with Gasteiger partial charge in [0.2, 0.25) is 53.2 Å². The molecule has 3 saturated heterocycles. The molecule has 3 heterocycles. The molecule has 3 rings (SSSR count). The molecule has 0 aromatic heterocycles. The van der Waals surface area contributed by atoms with E-state index in [0.717, 1.165) is 62.3 Å². The highest BCUT2D eigenvalue weighted by molar-refractivity contribution is 5.80. The van der Waals surface area contributed by atoms with Crippen molar-refractivity contribution in [2.24, 2.45) is 0 Å². The molecule has 146 heavy (non-hydrogen) atoms. The Morgan fingerprint density at radius 1 is 0.253 bits per heavy atom. The normalized spacial score (nSPS) is 20.9. The van der Waals surface area contributed by atoms with Crippen LogP contribution in [0.15, 0.2) is 0 Å². The third-order valence-corrected chi connectivity index (χ3v) is 20.9. The lowest BCUT2D eigenvalue weighted by molar-refractivity contribution is -0.277. The van der Waals surface area contributed by atoms with Gasteiger partial charge < -0.3 is 167 Å². The van der Waals surface area contributed by atoms with Gasteiger partial charge in [-0.15, -0.1) is 0 Å². The largest absolute Gasteiger partial charge is 0.481 e. The molecule has 15 unspecified atom stereocenters. The van der Waals surface area contributed by atoms with E-state index in [2.05, 4.69) is 53.2 Å². The summed E-state index contributed by atoms with van der Waals surface area (Å²) in [5, 5.41) is 37.0. The van der Waals surface area contributed by atoms with Crippen LogP contribution in [0, 0.1) is 0 Å². The summed E-state index contributed by atoms with van der Waals surface area (Å²) in [5.74, 6) is -11.4. The molecule has 9 amide bonds. The molecule has 3 fully saturated rings. The predicted molar refractivity (Wildman–Crippen MR) is 501 cm³/mol. The number of unbranched alkanes of at least 4 members (excludes halogenated alkanes) is 3. The number of aliphatic carboxylic acids is 1. The van der Waals surface area contributed by atoms with Crippen molar-refractivity contribution < 1.29 is 205 Å². The number of esters is 9. The molecule has 11 N–H and O–H groups in total. The first-order valence-corrected chi connectivity index (χ1v) is 48.9. The molecule has 0 aliphatic carbocycles. The summed E-state index contributed by atoms with van der Waals surface area (Å²) >= 11 is 0. The number of rotatable bonds is 80. The first-order valence-electron chi connectivity index (χ1n) is 48.9. The lowest BCUT2D eigenvalue weighted by Gasteiger charge is -2.44. The van der Waals surface area contributed by atoms with Crippen molar-refractivity contribution in [3.63, 3.8) is 0 Å². The Hall–Kier alpha value is -10.7. The van der Waals surface area contributed by atoms with Gasteiger partial charge in [0.1, 0.15) is 61.8 Å². The number of carbonyl (C=O) groups is 19. The summed E-state index contributed by atoms with van der Waals surface area (Å²) in [7, 11) is 0. The van der Waals surface area contributed by atoms with Crippen molar-refractivity contribution in [2.75, 3.05) is 191 Å². The Bertz CT molecular complexity index is 3820. The van der Waals surface area contributed by atoms with Crippen molar-refractivity contribution in [3.05, 3.63) is 0 Å². The second kappa shape index (κ2) is 76.8. The fraction of sp³-hybridized carbons (Fsp3) is 0.796. The van der Waals surface area contributed by atoms with Crippen LogP contribution in [0.1, 0.15) is 192 Å². The Morgan fingerprint density at radius 3 is 0.795 bits per heavy atom. The number of carboxylic acid groups (broad SMARTS) is 1. The Kier molecular flexibility index (Phi) is 68.1. The Balaban J connectivity index is 1.68. The van der Waals surface area contributed by atoms with Gasteiger partial charge >= 0.3 is 59.7 Å². The first-order chi connectivity index (χ1) is 69.7. The van der Waals surface area contributed by atoms with Gasteiger partial charge in [-0.25, -0.2) is 0 Å². The molecular formula is C93H154N10O43. The molecule has 0 bridgehead atoms. The van der Waals surface area contributed by atoms with E-state index in [4.69, 9.17) is 114 Å². The highest BCUT2D eigenvalue weighted by Crippen LogP contribution is 2.32. The second-order valence-electron chi connectivity index (χ2n) is 34.0. The zero-order valence-electron chi connectivity index (χ0n) is 85.8. The average Bonchev–Trinajstić information content (AvgIpc) is 0.792. The number of hydrogen-bond acceptors (Lipinski definition) is 43. The van der Waals surface area contributed by atoms with Gasteiger partial charge in [-0.1, -0.05) is 0 Å². The Morgan fingerprint density at radius 2 is 0.507 bits per heavy atom. The maximum atomic E-state index is 14.1. The molecule has 3 aliphatic rings. The number of nitrogens with one attached hydrogen (secondary N) is 10. The molecule has 3 aliphatic heterocycles. The SMILES string of the molecule is CC(=O)NC1C(OCCCCC(=O)NCCCNCCCOCC(COCCC(=O)NCCCNC(=O)CCCCOC2OC(COC(C)=O)C(OC(C)=O)C(OC(C)=O)C2NC(C)=O)(COCCC(=O)NCCCNC(=O)CCCCOC2OC(COC(C)=O)C(OC(C)=O)C(OC(C)=O)C2NC(C)=O)NC(=O)CCOCCOCCOCCOCCOCCC(=O)O)OC(COC(C)=O)C(OC(C)=O)C1OC(C)=O. The number of carboxylic acids is 1. The van der Waals surface area contributed by atoms with Gasteiger partial charge in [0, 0.05) is 181 Å². The lowest BCUT2D eigenvalue weighted by atomic mass is 9.96. The fourth-order valence-corrected chi connectivity index (χ4v) is 14.5. The van der Waals surface area contributed by atoms with Crippen LogP contribution in [0.25, 0.3) is 0 Å². The summed E-state index contributed by atoms with van der Waals surface area (Å²) in [5.41, 5.74) is -1.45. The molecule has 0 saturated carbocycles. The standard InChI is InChI=1S/C93H154N10O43/c1-59(104)100-81-87(141-68(10)113)84(138-65(7)110)71(53-135-62(4)107)144-90(81)132-38-16-13-23-74(116)95-32-19-30-94-31-22-37-129-56-93(103-79(121)28-41-124-45-47-126-49-51-128-52-50-127-48-46-125-44-29-80(122)123,57-130-42-26-77(119)98-35-20-33-96-75(117)24-14-17-39-133-91-82(101-60(2)105)88(142-69(11)114)85(139-66(8)111)72(145-91)54-136-63(5)108)58-131-43-27-78(120)99-36-21-34-97-76(118)25-15-18-40-134-92-83(102-61(3)106)89(143-70(12)115)86(140-67(9)112)73(146-92)55-137-64(6)109/h71-73,81-92,94H,13-58H2,1-12H3,(H,95,116)(H,96,117)(H,97,118)(H,98,119)(H,99,120)(H,100,104)(H,101,105)(H,102,106)(H,103,121)(H,122,123). The van der Waals surface area contributed by atoms with E-state index in [1.54, 1.807) is 0 Å². The van der Waals surface area contributed by atoms with Crippen molar-refractivity contribution in [1.82, 2.24) is 53.2 Å². The Labute approximate surface area is 848 Å². The smallest absolute Gasteiger partial charge is 0.305 e. The van der Waals surface area contributed by atoms with Crippen molar-refractivity contribution in [2.45, 2.75) is 290 Å². The molecule has 0 spiro atoms. The van der Waals surface area contributed by atoms with Gasteiger partial charge in [0.15, 0.2) is 55.5 Å². The van der Waals surface area contributed by atoms with Crippen LogP contribution in [0.5, 0.6) is 0 Å². The molecule has 0 radical (unpaired) electrons. The minimum Gasteiger partial charge on any atom is -0.481 e. The van der Waals surface area contributed by atoms with Gasteiger partial charge in [-0.2, -0.15) is 0 Å². The summed E-state index contributed by atoms with van der Waals surface area (Å²) in [6.45, 7) is 15.4. The zero-order valence-corrected chi connectivity index (χ0v) is 85.8. The molecule has 0 aromatic carbocycles. The number of hydrogen-bond donors (Lipinski definition) is 11. The lowest BCUT2D eigenvalue weighted by Crippen LogP contribution is -2.66. The predicted octanol–water partition coefficient (Wildman–Crippen LogP) is -2.12. The van der Waals surface area contributed by atoms with Crippen LogP contribution in [-0.2, 0) is 200 Å². The third-order valence-electron chi connectivity index (χ3n) is 20.9. The molecule has 53 nitrogen and oxygen atoms in total. The number of amides is 9. The summed E-state index contributed by atoms with van der Waals surface area (Å²) in [6, 6.07) is -3.51. The molecular weight excluding hydrogens is 1950 g/mol. The first kappa shape index (κ1) is 129. The van der Waals surface area contributed by atoms with E-state index >= 15 is 0 Å². The van der Waals surface area contributed by atoms with Crippen LogP contribution < -0.4 is 53.2 Å². The van der Waals surface area contributed by atoms with E-state index in [0.29, 0.717) is 83.8 Å². The van der Waals surface area contributed by atoms with Crippen LogP contribution in [0.2, 0.25) is 0 Å². The molecule has 834 valence electrons. The second-order valence-corrected chi connectivity index (χ2v) is 34.0. The fourth-order valence-electron chi connectivity index (χ4n) is 14.5. The van der Waals surface area contributed by atoms with E-state index in [1.165, 1.54) is 20.8 Å². The van der Waals surface area contributed by atoms with Gasteiger partial charge in [0.05, 0.1) is 106 Å². The van der Waals surface area contributed by atoms with Crippen LogP contribution in [0.4, 0.5) is 0 Å². The minimum absolute atomic E-state index is 0.0115. The number of carbonyl (C=O) groups excluding carboxylic acids is 18. The van der Waals surface area contributed by atoms with Crippen molar-refractivity contribution in [3.8, 4) is 0 Å². The molecule has 0 aromatic rings. The van der Waals surface area contributed by atoms with Gasteiger partial charge in [-0.05, 0) is 77.3 Å². The molecule has 15 atom stereocenters. The van der Waals surface area contributed by atoms with Gasteiger partial charge in [0.25, 0.3) is 0 Å². The van der Waals surface area contributed by atoms with Crippen LogP contribution in [-0.4, -0.2) is 407 Å². The topological polar surface area (TPSA) is 677 Å². The van der Waals surface area contributed by atoms with E-state index in [-0.39, 0.29) is 214 Å². The highest BCUT2D eigenvalue weighted by atomic mass is 16.7. The summed E-state index contributed by atoms with van der Waals surface area (Å²) in [6.07, 6.45) is -11.9. The van der Waals surface area contributed by atoms with Crippen molar-refractivity contribution >= 4 is 113 Å². The van der Waals surface area contributed by atoms with E-state index in [1.807, 2.05) is 0 Å². The monoisotopic (exact) mass is 2100 g/mol. The highest BCUT2D eigenvalue weighted by Gasteiger charge is 2.55.